The van der Waals surface area contributed by atoms with E-state index in [0.717, 1.165) is 43.2 Å². The first kappa shape index (κ1) is 17.9. The van der Waals surface area contributed by atoms with Gasteiger partial charge < -0.3 is 15.1 Å². The second-order valence-electron chi connectivity index (χ2n) is 6.60. The van der Waals surface area contributed by atoms with Gasteiger partial charge >= 0.3 is 0 Å². The van der Waals surface area contributed by atoms with Crippen LogP contribution in [0.2, 0.25) is 0 Å². The normalized spacial score (nSPS) is 14.0. The molecule has 28 heavy (non-hydrogen) atoms. The van der Waals surface area contributed by atoms with Gasteiger partial charge in [0, 0.05) is 51.3 Å². The van der Waals surface area contributed by atoms with E-state index in [0.29, 0.717) is 12.2 Å². The molecule has 4 rings (SSSR count). The number of piperazine rings is 1. The van der Waals surface area contributed by atoms with Crippen LogP contribution in [0, 0.1) is 0 Å². The van der Waals surface area contributed by atoms with Gasteiger partial charge in [0.1, 0.15) is 11.5 Å². The van der Waals surface area contributed by atoms with Crippen molar-refractivity contribution < 1.29 is 4.79 Å². The zero-order chi connectivity index (χ0) is 19.2. The molecule has 0 saturated carbocycles. The molecule has 1 fully saturated rings. The highest BCUT2D eigenvalue weighted by Gasteiger charge is 2.18. The smallest absolute Gasteiger partial charge is 0.270 e. The van der Waals surface area contributed by atoms with Crippen molar-refractivity contribution in [2.75, 3.05) is 36.0 Å². The standard InChI is InChI=1S/C21H22N6O/c28-21(25-15-17-6-9-22-10-7-17)19-5-4-18(16-24-19)26-11-13-27(14-12-26)20-3-1-2-8-23-20/h1-10,16H,11-15H2,(H,25,28). The Morgan fingerprint density at radius 1 is 0.893 bits per heavy atom. The van der Waals surface area contributed by atoms with Crippen molar-refractivity contribution in [3.63, 3.8) is 0 Å². The number of carbonyl (C=O) groups is 1. The number of hydrogen-bond donors (Lipinski definition) is 1. The van der Waals surface area contributed by atoms with Crippen LogP contribution in [0.15, 0.2) is 67.3 Å². The predicted octanol–water partition coefficient (Wildman–Crippen LogP) is 2.13. The quantitative estimate of drug-likeness (QED) is 0.737. The second kappa shape index (κ2) is 8.47. The number of rotatable bonds is 5. The molecule has 0 radical (unpaired) electrons. The molecule has 0 aromatic carbocycles. The highest BCUT2D eigenvalue weighted by Crippen LogP contribution is 2.18. The third-order valence-corrected chi connectivity index (χ3v) is 4.80. The molecule has 1 aliphatic rings. The zero-order valence-electron chi connectivity index (χ0n) is 15.5. The predicted molar refractivity (Wildman–Crippen MR) is 108 cm³/mol. The minimum Gasteiger partial charge on any atom is -0.367 e. The molecule has 7 heteroatoms. The van der Waals surface area contributed by atoms with Gasteiger partial charge in [-0.15, -0.1) is 0 Å². The summed E-state index contributed by atoms with van der Waals surface area (Å²) in [7, 11) is 0. The lowest BCUT2D eigenvalue weighted by atomic mass is 10.2. The van der Waals surface area contributed by atoms with E-state index >= 15 is 0 Å². The molecule has 3 aromatic rings. The van der Waals surface area contributed by atoms with Gasteiger partial charge in [-0.05, 0) is 42.0 Å². The largest absolute Gasteiger partial charge is 0.367 e. The third kappa shape index (κ3) is 4.25. The zero-order valence-corrected chi connectivity index (χ0v) is 15.5. The minimum atomic E-state index is -0.177. The van der Waals surface area contributed by atoms with E-state index in [1.807, 2.05) is 42.6 Å². The minimum absolute atomic E-state index is 0.177. The van der Waals surface area contributed by atoms with Gasteiger partial charge in [0.15, 0.2) is 0 Å². The van der Waals surface area contributed by atoms with Crippen LogP contribution in [0.5, 0.6) is 0 Å². The van der Waals surface area contributed by atoms with Crippen molar-refractivity contribution in [3.05, 3.63) is 78.5 Å². The fourth-order valence-electron chi connectivity index (χ4n) is 3.22. The molecule has 1 aliphatic heterocycles. The number of carbonyl (C=O) groups excluding carboxylic acids is 1. The maximum atomic E-state index is 12.3. The van der Waals surface area contributed by atoms with Crippen LogP contribution in [0.1, 0.15) is 16.1 Å². The van der Waals surface area contributed by atoms with Gasteiger partial charge in [0.05, 0.1) is 11.9 Å². The van der Waals surface area contributed by atoms with Crippen LogP contribution in [0.4, 0.5) is 11.5 Å². The maximum absolute atomic E-state index is 12.3. The van der Waals surface area contributed by atoms with Crippen LogP contribution in [-0.2, 0) is 6.54 Å². The van der Waals surface area contributed by atoms with Gasteiger partial charge in [0.2, 0.25) is 0 Å². The Bertz CT molecular complexity index is 893. The summed E-state index contributed by atoms with van der Waals surface area (Å²) in [5, 5.41) is 2.88. The third-order valence-electron chi connectivity index (χ3n) is 4.80. The molecule has 0 atom stereocenters. The van der Waals surface area contributed by atoms with E-state index in [4.69, 9.17) is 0 Å². The molecular weight excluding hydrogens is 352 g/mol. The van der Waals surface area contributed by atoms with Crippen molar-refractivity contribution in [2.45, 2.75) is 6.54 Å². The summed E-state index contributed by atoms with van der Waals surface area (Å²) in [5.41, 5.74) is 2.46. The monoisotopic (exact) mass is 374 g/mol. The molecule has 3 aromatic heterocycles. The molecule has 7 nitrogen and oxygen atoms in total. The molecule has 142 valence electrons. The Balaban J connectivity index is 1.31. The van der Waals surface area contributed by atoms with Crippen LogP contribution in [-0.4, -0.2) is 47.0 Å². The fourth-order valence-corrected chi connectivity index (χ4v) is 3.22. The number of amides is 1. The molecule has 0 unspecified atom stereocenters. The van der Waals surface area contributed by atoms with E-state index < -0.39 is 0 Å². The van der Waals surface area contributed by atoms with Gasteiger partial charge in [-0.25, -0.2) is 9.97 Å². The molecule has 4 heterocycles. The summed E-state index contributed by atoms with van der Waals surface area (Å²) in [6.07, 6.45) is 7.02. The van der Waals surface area contributed by atoms with E-state index in [2.05, 4.69) is 30.1 Å². The van der Waals surface area contributed by atoms with Crippen molar-refractivity contribution in [1.29, 1.82) is 0 Å². The first-order valence-corrected chi connectivity index (χ1v) is 9.34. The Morgan fingerprint density at radius 2 is 1.68 bits per heavy atom. The number of aromatic nitrogens is 3. The topological polar surface area (TPSA) is 74.2 Å². The van der Waals surface area contributed by atoms with Crippen LogP contribution < -0.4 is 15.1 Å². The van der Waals surface area contributed by atoms with Gasteiger partial charge in [0.25, 0.3) is 5.91 Å². The Hall–Kier alpha value is -3.48. The first-order chi connectivity index (χ1) is 13.8. The van der Waals surface area contributed by atoms with Crippen molar-refractivity contribution in [3.8, 4) is 0 Å². The lowest BCUT2D eigenvalue weighted by molar-refractivity contribution is 0.0946. The number of nitrogens with zero attached hydrogens (tertiary/aromatic N) is 5. The molecule has 0 spiro atoms. The van der Waals surface area contributed by atoms with E-state index in [-0.39, 0.29) is 5.91 Å². The summed E-state index contributed by atoms with van der Waals surface area (Å²) in [5.74, 6) is 0.838. The van der Waals surface area contributed by atoms with Crippen molar-refractivity contribution in [2.24, 2.45) is 0 Å². The van der Waals surface area contributed by atoms with Crippen LogP contribution in [0.3, 0.4) is 0 Å². The Morgan fingerprint density at radius 3 is 2.36 bits per heavy atom. The van der Waals surface area contributed by atoms with Gasteiger partial charge in [-0.2, -0.15) is 0 Å². The number of anilines is 2. The SMILES string of the molecule is O=C(NCc1ccncc1)c1ccc(N2CCN(c3ccccn3)CC2)cn1. The summed E-state index contributed by atoms with van der Waals surface area (Å²) in [6, 6.07) is 13.5. The number of hydrogen-bond acceptors (Lipinski definition) is 6. The molecule has 0 aliphatic carbocycles. The van der Waals surface area contributed by atoms with Gasteiger partial charge in [-0.3, -0.25) is 9.78 Å². The molecule has 1 saturated heterocycles. The fraction of sp³-hybridized carbons (Fsp3) is 0.238. The van der Waals surface area contributed by atoms with Crippen molar-refractivity contribution in [1.82, 2.24) is 20.3 Å². The highest BCUT2D eigenvalue weighted by atomic mass is 16.1. The first-order valence-electron chi connectivity index (χ1n) is 9.34. The molecular formula is C21H22N6O. The summed E-state index contributed by atoms with van der Waals surface area (Å²) in [6.45, 7) is 4.06. The van der Waals surface area contributed by atoms with E-state index in [1.54, 1.807) is 24.7 Å². The lowest BCUT2D eigenvalue weighted by Gasteiger charge is -2.36. The van der Waals surface area contributed by atoms with Crippen LogP contribution in [0.25, 0.3) is 0 Å². The lowest BCUT2D eigenvalue weighted by Crippen LogP contribution is -2.46. The maximum Gasteiger partial charge on any atom is 0.270 e. The van der Waals surface area contributed by atoms with Gasteiger partial charge in [-0.1, -0.05) is 6.07 Å². The average Bonchev–Trinajstić information content (AvgIpc) is 2.79. The molecule has 1 N–H and O–H groups in total. The van der Waals surface area contributed by atoms with E-state index in [9.17, 15) is 4.79 Å². The number of nitrogens with one attached hydrogen (secondary N) is 1. The van der Waals surface area contributed by atoms with Crippen LogP contribution >= 0.6 is 0 Å². The Labute approximate surface area is 164 Å². The van der Waals surface area contributed by atoms with Crippen molar-refractivity contribution >= 4 is 17.4 Å². The molecule has 0 bridgehead atoms. The highest BCUT2D eigenvalue weighted by molar-refractivity contribution is 5.92. The Kier molecular flexibility index (Phi) is 5.42. The van der Waals surface area contributed by atoms with E-state index in [1.165, 1.54) is 0 Å². The summed E-state index contributed by atoms with van der Waals surface area (Å²) in [4.78, 5) is 29.6. The summed E-state index contributed by atoms with van der Waals surface area (Å²) >= 11 is 0. The second-order valence-corrected chi connectivity index (χ2v) is 6.60. The summed E-state index contributed by atoms with van der Waals surface area (Å²) < 4.78 is 0. The molecule has 1 amide bonds. The average molecular weight is 374 g/mol. The number of pyridine rings is 3.